The maximum absolute atomic E-state index is 13.4. The number of aliphatic hydroxyl groups is 1. The summed E-state index contributed by atoms with van der Waals surface area (Å²) in [6.45, 7) is 2.72. The smallest absolute Gasteiger partial charge is 0.233 e. The van der Waals surface area contributed by atoms with Crippen molar-refractivity contribution in [3.05, 3.63) is 42.1 Å². The van der Waals surface area contributed by atoms with Gasteiger partial charge in [0.2, 0.25) is 5.91 Å². The van der Waals surface area contributed by atoms with Gasteiger partial charge in [-0.15, -0.1) is 5.10 Å². The van der Waals surface area contributed by atoms with E-state index >= 15 is 0 Å². The van der Waals surface area contributed by atoms with Crippen molar-refractivity contribution < 1.29 is 14.7 Å². The van der Waals surface area contributed by atoms with Gasteiger partial charge in [0.05, 0.1) is 23.0 Å². The molecule has 1 N–H and O–H groups in total. The van der Waals surface area contributed by atoms with Gasteiger partial charge in [-0.2, -0.15) is 4.68 Å². The lowest BCUT2D eigenvalue weighted by Gasteiger charge is -2.47. The maximum atomic E-state index is 13.4. The molecule has 0 bridgehead atoms. The van der Waals surface area contributed by atoms with E-state index in [0.29, 0.717) is 31.6 Å². The quantitative estimate of drug-likeness (QED) is 0.737. The first-order chi connectivity index (χ1) is 15.5. The Labute approximate surface area is 185 Å². The Bertz CT molecular complexity index is 1010. The summed E-state index contributed by atoms with van der Waals surface area (Å²) in [5, 5.41) is 21.7. The van der Waals surface area contributed by atoms with Crippen molar-refractivity contribution in [1.82, 2.24) is 35.0 Å². The van der Waals surface area contributed by atoms with Gasteiger partial charge in [-0.05, 0) is 67.8 Å². The largest absolute Gasteiger partial charge is 0.385 e. The lowest BCUT2D eigenvalue weighted by Crippen LogP contribution is -2.53. The van der Waals surface area contributed by atoms with Gasteiger partial charge in [-0.3, -0.25) is 14.6 Å². The second-order valence-electron chi connectivity index (χ2n) is 8.95. The average molecular weight is 438 g/mol. The highest BCUT2D eigenvalue weighted by atomic mass is 16.3. The number of hydrogen-bond donors (Lipinski definition) is 1. The Kier molecular flexibility index (Phi) is 5.56. The number of likely N-dealkylation sites (tertiary alicyclic amines) is 2. The molecule has 1 aliphatic carbocycles. The number of aliphatic hydroxyl groups excluding tert-OH is 1. The van der Waals surface area contributed by atoms with Crippen LogP contribution in [0.2, 0.25) is 0 Å². The number of β-amino-alcohol motifs (C(OH)–C–C–N with tert-alkyl or cyclic N) is 1. The van der Waals surface area contributed by atoms with Gasteiger partial charge in [0.1, 0.15) is 12.4 Å². The summed E-state index contributed by atoms with van der Waals surface area (Å²) in [6.07, 6.45) is 8.70. The van der Waals surface area contributed by atoms with Crippen LogP contribution in [0.4, 0.5) is 0 Å². The summed E-state index contributed by atoms with van der Waals surface area (Å²) in [5.41, 5.74) is 1.89. The van der Waals surface area contributed by atoms with Crippen LogP contribution in [0.1, 0.15) is 50.3 Å². The molecule has 2 aromatic rings. The first-order valence-electron chi connectivity index (χ1n) is 11.2. The van der Waals surface area contributed by atoms with Crippen LogP contribution in [0.3, 0.4) is 0 Å². The van der Waals surface area contributed by atoms with Crippen molar-refractivity contribution in [3.63, 3.8) is 0 Å². The summed E-state index contributed by atoms with van der Waals surface area (Å²) in [4.78, 5) is 33.5. The fourth-order valence-corrected chi connectivity index (χ4v) is 5.11. The molecule has 10 heteroatoms. The molecule has 4 heterocycles. The molecule has 2 saturated heterocycles. The van der Waals surface area contributed by atoms with E-state index in [2.05, 4.69) is 25.4 Å². The minimum absolute atomic E-state index is 0.121. The highest BCUT2D eigenvalue weighted by Gasteiger charge is 2.46. The number of piperidine rings is 2. The molecular weight excluding hydrogens is 410 g/mol. The molecule has 32 heavy (non-hydrogen) atoms. The topological polar surface area (TPSA) is 117 Å². The fourth-order valence-electron chi connectivity index (χ4n) is 5.11. The molecule has 2 aromatic heterocycles. The minimum atomic E-state index is -0.708. The van der Waals surface area contributed by atoms with Crippen LogP contribution in [0, 0.1) is 5.41 Å². The van der Waals surface area contributed by atoms with Crippen LogP contribution in [0.15, 0.2) is 36.4 Å². The zero-order valence-electron chi connectivity index (χ0n) is 17.9. The molecule has 0 radical (unpaired) electrons. The molecule has 10 nitrogen and oxygen atoms in total. The number of allylic oxidation sites excluding steroid dienone is 2. The van der Waals surface area contributed by atoms with E-state index in [1.54, 1.807) is 18.3 Å². The van der Waals surface area contributed by atoms with Crippen LogP contribution >= 0.6 is 0 Å². The summed E-state index contributed by atoms with van der Waals surface area (Å²) >= 11 is 0. The average Bonchev–Trinajstić information content (AvgIpc) is 3.50. The fraction of sp³-hybridized carbons (Fsp3) is 0.545. The van der Waals surface area contributed by atoms with Gasteiger partial charge in [-0.1, -0.05) is 0 Å². The van der Waals surface area contributed by atoms with Gasteiger partial charge in [0.15, 0.2) is 5.78 Å². The van der Waals surface area contributed by atoms with Crippen molar-refractivity contribution >= 4 is 11.7 Å². The lowest BCUT2D eigenvalue weighted by atomic mass is 9.71. The Morgan fingerprint density at radius 1 is 1.09 bits per heavy atom. The molecular formula is C22H27N7O3. The van der Waals surface area contributed by atoms with Crippen molar-refractivity contribution in [3.8, 4) is 5.69 Å². The molecule has 3 aliphatic rings. The van der Waals surface area contributed by atoms with E-state index < -0.39 is 6.10 Å². The zero-order valence-corrected chi connectivity index (χ0v) is 17.9. The molecule has 2 aliphatic heterocycles. The monoisotopic (exact) mass is 437 g/mol. The van der Waals surface area contributed by atoms with Crippen LogP contribution in [0.5, 0.6) is 0 Å². The van der Waals surface area contributed by atoms with E-state index in [1.165, 1.54) is 11.0 Å². The first kappa shape index (κ1) is 20.9. The molecule has 1 atom stereocenters. The van der Waals surface area contributed by atoms with E-state index in [1.807, 2.05) is 11.0 Å². The molecule has 2 fully saturated rings. The SMILES string of the molecule is O=C1C=C(N2CCCC3(CCN(CC(O)c4ccc(-n5cnnn5)cn4)CC3)C2=O)CC1. The Balaban J connectivity index is 1.19. The van der Waals surface area contributed by atoms with Gasteiger partial charge >= 0.3 is 0 Å². The third kappa shape index (κ3) is 3.95. The number of hydrogen-bond acceptors (Lipinski definition) is 8. The number of pyridine rings is 1. The van der Waals surface area contributed by atoms with Crippen LogP contribution in [-0.4, -0.2) is 78.0 Å². The van der Waals surface area contributed by atoms with E-state index in [0.717, 1.165) is 50.2 Å². The maximum Gasteiger partial charge on any atom is 0.233 e. The van der Waals surface area contributed by atoms with Gasteiger partial charge in [-0.25, -0.2) is 0 Å². The number of rotatable bonds is 5. The van der Waals surface area contributed by atoms with Crippen LogP contribution in [-0.2, 0) is 9.59 Å². The normalized spacial score (nSPS) is 22.4. The number of carbonyl (C=O) groups excluding carboxylic acids is 2. The van der Waals surface area contributed by atoms with Crippen LogP contribution in [0.25, 0.3) is 5.69 Å². The molecule has 5 rings (SSSR count). The van der Waals surface area contributed by atoms with Gasteiger partial charge in [0.25, 0.3) is 0 Å². The Morgan fingerprint density at radius 3 is 2.59 bits per heavy atom. The predicted molar refractivity (Wildman–Crippen MR) is 113 cm³/mol. The minimum Gasteiger partial charge on any atom is -0.385 e. The highest BCUT2D eigenvalue weighted by Crippen LogP contribution is 2.43. The zero-order chi connectivity index (χ0) is 22.1. The molecule has 1 amide bonds. The lowest BCUT2D eigenvalue weighted by molar-refractivity contribution is -0.147. The van der Waals surface area contributed by atoms with Crippen molar-refractivity contribution in [2.24, 2.45) is 5.41 Å². The number of tetrazole rings is 1. The molecule has 0 aromatic carbocycles. The molecule has 1 unspecified atom stereocenters. The number of amides is 1. The van der Waals surface area contributed by atoms with Gasteiger partial charge in [0, 0.05) is 31.3 Å². The first-order valence-corrected chi connectivity index (χ1v) is 11.2. The second-order valence-corrected chi connectivity index (χ2v) is 8.95. The van der Waals surface area contributed by atoms with Crippen molar-refractivity contribution in [1.29, 1.82) is 0 Å². The summed E-state index contributed by atoms with van der Waals surface area (Å²) in [7, 11) is 0. The van der Waals surface area contributed by atoms with Crippen LogP contribution < -0.4 is 0 Å². The third-order valence-electron chi connectivity index (χ3n) is 7.01. The number of aromatic nitrogens is 5. The second kappa shape index (κ2) is 8.51. The molecule has 168 valence electrons. The van der Waals surface area contributed by atoms with Crippen molar-refractivity contribution in [2.75, 3.05) is 26.2 Å². The third-order valence-corrected chi connectivity index (χ3v) is 7.01. The Hall–Kier alpha value is -2.98. The summed E-state index contributed by atoms with van der Waals surface area (Å²) in [5.74, 6) is 0.306. The highest BCUT2D eigenvalue weighted by molar-refractivity contribution is 5.95. The van der Waals surface area contributed by atoms with E-state index in [9.17, 15) is 14.7 Å². The molecule has 1 spiro atoms. The van der Waals surface area contributed by atoms with E-state index in [4.69, 9.17) is 0 Å². The van der Waals surface area contributed by atoms with Gasteiger partial charge < -0.3 is 14.9 Å². The summed E-state index contributed by atoms with van der Waals surface area (Å²) in [6, 6.07) is 3.61. The molecule has 0 saturated carbocycles. The standard InChI is InChI=1S/C22H27N7O3/c30-18-4-2-16(12-18)28-9-1-6-22(21(28)32)7-10-27(11-8-22)14-20(31)19-5-3-17(13-23-19)29-15-24-25-26-29/h3,5,12-13,15,20,31H,1-2,4,6-11,14H2. The van der Waals surface area contributed by atoms with E-state index in [-0.39, 0.29) is 17.1 Å². The number of carbonyl (C=O) groups is 2. The number of nitrogens with zero attached hydrogens (tertiary/aromatic N) is 7. The number of ketones is 1. The van der Waals surface area contributed by atoms with Crippen molar-refractivity contribution in [2.45, 2.75) is 44.6 Å². The summed E-state index contributed by atoms with van der Waals surface area (Å²) < 4.78 is 1.51. The predicted octanol–water partition coefficient (Wildman–Crippen LogP) is 1.04. The Morgan fingerprint density at radius 2 is 1.94 bits per heavy atom.